The molecule has 0 bridgehead atoms. The van der Waals surface area contributed by atoms with E-state index in [1.807, 2.05) is 0 Å². The second kappa shape index (κ2) is 9.80. The standard InChI is InChI=1S/C22H20ClNO6S/c1-4-28-22(27)19-16(14-7-5-6-8-17(14)23)11-31-20(19)24-18(25)10-29-21(26)15-9-12(2)30-13(15)3/h5-9,11H,4,10H2,1-3H3,(H,24,25). The van der Waals surface area contributed by atoms with Crippen LogP contribution in [0, 0.1) is 13.8 Å². The molecule has 3 aromatic rings. The summed E-state index contributed by atoms with van der Waals surface area (Å²) in [7, 11) is 0. The molecule has 31 heavy (non-hydrogen) atoms. The molecule has 0 aliphatic rings. The van der Waals surface area contributed by atoms with Crippen LogP contribution in [0.5, 0.6) is 0 Å². The van der Waals surface area contributed by atoms with Gasteiger partial charge in [0.2, 0.25) is 0 Å². The highest BCUT2D eigenvalue weighted by molar-refractivity contribution is 7.15. The lowest BCUT2D eigenvalue weighted by Crippen LogP contribution is -2.21. The Morgan fingerprint density at radius 1 is 1.10 bits per heavy atom. The van der Waals surface area contributed by atoms with Gasteiger partial charge in [-0.2, -0.15) is 0 Å². The second-order valence-electron chi connectivity index (χ2n) is 6.51. The zero-order valence-electron chi connectivity index (χ0n) is 17.1. The van der Waals surface area contributed by atoms with Crippen LogP contribution in [0.3, 0.4) is 0 Å². The van der Waals surface area contributed by atoms with Crippen molar-refractivity contribution in [2.45, 2.75) is 20.8 Å². The molecule has 1 N–H and O–H groups in total. The van der Waals surface area contributed by atoms with Crippen molar-refractivity contribution in [3.63, 3.8) is 0 Å². The molecule has 162 valence electrons. The molecule has 0 aliphatic heterocycles. The lowest BCUT2D eigenvalue weighted by atomic mass is 10.0. The summed E-state index contributed by atoms with van der Waals surface area (Å²) in [5, 5.41) is 5.08. The number of benzene rings is 1. The molecule has 0 fully saturated rings. The van der Waals surface area contributed by atoms with Crippen LogP contribution < -0.4 is 5.32 Å². The maximum Gasteiger partial charge on any atom is 0.342 e. The zero-order chi connectivity index (χ0) is 22.5. The second-order valence-corrected chi connectivity index (χ2v) is 7.79. The van der Waals surface area contributed by atoms with E-state index >= 15 is 0 Å². The highest BCUT2D eigenvalue weighted by Crippen LogP contribution is 2.39. The number of hydrogen-bond donors (Lipinski definition) is 1. The van der Waals surface area contributed by atoms with Gasteiger partial charge in [0.05, 0.1) is 6.61 Å². The summed E-state index contributed by atoms with van der Waals surface area (Å²) < 4.78 is 15.5. The summed E-state index contributed by atoms with van der Waals surface area (Å²) in [6.45, 7) is 4.68. The first-order valence-corrected chi connectivity index (χ1v) is 10.6. The fourth-order valence-corrected chi connectivity index (χ4v) is 4.14. The van der Waals surface area contributed by atoms with E-state index in [1.165, 1.54) is 0 Å². The molecule has 9 heteroatoms. The Kier molecular flexibility index (Phi) is 7.14. The number of nitrogens with one attached hydrogen (secondary N) is 1. The average Bonchev–Trinajstić information content (AvgIpc) is 3.29. The van der Waals surface area contributed by atoms with Crippen molar-refractivity contribution < 1.29 is 28.3 Å². The monoisotopic (exact) mass is 461 g/mol. The molecule has 7 nitrogen and oxygen atoms in total. The van der Waals surface area contributed by atoms with Gasteiger partial charge in [0.1, 0.15) is 27.6 Å². The van der Waals surface area contributed by atoms with Gasteiger partial charge in [-0.05, 0) is 32.9 Å². The first-order valence-electron chi connectivity index (χ1n) is 9.39. The maximum absolute atomic E-state index is 12.6. The predicted molar refractivity (Wildman–Crippen MR) is 118 cm³/mol. The van der Waals surface area contributed by atoms with E-state index < -0.39 is 24.5 Å². The summed E-state index contributed by atoms with van der Waals surface area (Å²) >= 11 is 7.44. The fourth-order valence-electron chi connectivity index (χ4n) is 2.94. The number of esters is 2. The van der Waals surface area contributed by atoms with Gasteiger partial charge in [0.25, 0.3) is 5.91 Å². The number of thiophene rings is 1. The SMILES string of the molecule is CCOC(=O)c1c(-c2ccccc2Cl)csc1NC(=O)COC(=O)c1cc(C)oc1C. The van der Waals surface area contributed by atoms with Crippen molar-refractivity contribution in [3.8, 4) is 11.1 Å². The molecule has 0 unspecified atom stereocenters. The Morgan fingerprint density at radius 2 is 1.84 bits per heavy atom. The van der Waals surface area contributed by atoms with Gasteiger partial charge in [-0.15, -0.1) is 11.3 Å². The Morgan fingerprint density at radius 3 is 2.48 bits per heavy atom. The molecule has 2 heterocycles. The zero-order valence-corrected chi connectivity index (χ0v) is 18.7. The lowest BCUT2D eigenvalue weighted by molar-refractivity contribution is -0.119. The maximum atomic E-state index is 12.6. The van der Waals surface area contributed by atoms with Crippen molar-refractivity contribution >= 4 is 45.8 Å². The number of ether oxygens (including phenoxy) is 2. The minimum Gasteiger partial charge on any atom is -0.466 e. The number of carbonyl (C=O) groups excluding carboxylic acids is 3. The Bertz CT molecular complexity index is 1130. The third-order valence-corrected chi connectivity index (χ3v) is 5.51. The molecule has 0 radical (unpaired) electrons. The van der Waals surface area contributed by atoms with Crippen LogP contribution in [0.1, 0.15) is 39.2 Å². The number of aryl methyl sites for hydroxylation is 2. The summed E-state index contributed by atoms with van der Waals surface area (Å²) in [5.41, 5.74) is 1.64. The van der Waals surface area contributed by atoms with E-state index in [1.54, 1.807) is 56.5 Å². The molecule has 3 rings (SSSR count). The Labute approximate surface area is 187 Å². The number of halogens is 1. The number of carbonyl (C=O) groups is 3. The van der Waals surface area contributed by atoms with Gasteiger partial charge in [-0.25, -0.2) is 9.59 Å². The predicted octanol–water partition coefficient (Wildman–Crippen LogP) is 5.25. The third-order valence-electron chi connectivity index (χ3n) is 4.28. The third kappa shape index (κ3) is 5.15. The summed E-state index contributed by atoms with van der Waals surface area (Å²) in [6, 6.07) is 8.60. The first-order chi connectivity index (χ1) is 14.8. The van der Waals surface area contributed by atoms with E-state index in [-0.39, 0.29) is 22.7 Å². The van der Waals surface area contributed by atoms with Gasteiger partial charge in [-0.3, -0.25) is 4.79 Å². The van der Waals surface area contributed by atoms with Crippen molar-refractivity contribution in [3.05, 3.63) is 63.4 Å². The minimum absolute atomic E-state index is 0.172. The van der Waals surface area contributed by atoms with E-state index in [4.69, 9.17) is 25.5 Å². The summed E-state index contributed by atoms with van der Waals surface area (Å²) in [4.78, 5) is 37.2. The summed E-state index contributed by atoms with van der Waals surface area (Å²) in [5.74, 6) is -0.869. The number of hydrogen-bond acceptors (Lipinski definition) is 7. The van der Waals surface area contributed by atoms with Crippen LogP contribution in [0.4, 0.5) is 5.00 Å². The minimum atomic E-state index is -0.668. The van der Waals surface area contributed by atoms with Crippen LogP contribution in [0.2, 0.25) is 5.02 Å². The van der Waals surface area contributed by atoms with Crippen LogP contribution in [0.25, 0.3) is 11.1 Å². The molecular formula is C22H20ClNO6S. The van der Waals surface area contributed by atoms with Crippen LogP contribution >= 0.6 is 22.9 Å². The van der Waals surface area contributed by atoms with E-state index in [0.717, 1.165) is 11.3 Å². The van der Waals surface area contributed by atoms with Crippen LogP contribution in [-0.2, 0) is 14.3 Å². The first kappa shape index (κ1) is 22.6. The van der Waals surface area contributed by atoms with E-state index in [0.29, 0.717) is 27.7 Å². The highest BCUT2D eigenvalue weighted by atomic mass is 35.5. The molecule has 1 aromatic carbocycles. The van der Waals surface area contributed by atoms with E-state index in [2.05, 4.69) is 5.32 Å². The molecule has 0 saturated heterocycles. The van der Waals surface area contributed by atoms with Gasteiger partial charge < -0.3 is 19.2 Å². The molecular weight excluding hydrogens is 442 g/mol. The lowest BCUT2D eigenvalue weighted by Gasteiger charge is -2.10. The molecule has 0 spiro atoms. The number of rotatable bonds is 7. The van der Waals surface area contributed by atoms with E-state index in [9.17, 15) is 14.4 Å². The Balaban J connectivity index is 1.78. The number of furan rings is 1. The van der Waals surface area contributed by atoms with Gasteiger partial charge in [0.15, 0.2) is 6.61 Å². The average molecular weight is 462 g/mol. The normalized spacial score (nSPS) is 10.6. The topological polar surface area (TPSA) is 94.8 Å². The van der Waals surface area contributed by atoms with Gasteiger partial charge >= 0.3 is 11.9 Å². The molecule has 1 amide bonds. The van der Waals surface area contributed by atoms with Crippen LogP contribution in [0.15, 0.2) is 40.1 Å². The molecule has 0 aliphatic carbocycles. The molecule has 0 atom stereocenters. The van der Waals surface area contributed by atoms with Gasteiger partial charge in [-0.1, -0.05) is 29.8 Å². The van der Waals surface area contributed by atoms with Gasteiger partial charge in [0, 0.05) is 21.5 Å². The quantitative estimate of drug-likeness (QED) is 0.483. The largest absolute Gasteiger partial charge is 0.466 e. The highest BCUT2D eigenvalue weighted by Gasteiger charge is 2.24. The Hall–Kier alpha value is -3.10. The molecule has 2 aromatic heterocycles. The fraction of sp³-hybridized carbons (Fsp3) is 0.227. The smallest absolute Gasteiger partial charge is 0.342 e. The van der Waals surface area contributed by atoms with Crippen molar-refractivity contribution in [1.29, 1.82) is 0 Å². The van der Waals surface area contributed by atoms with Crippen molar-refractivity contribution in [2.24, 2.45) is 0 Å². The number of anilines is 1. The molecule has 0 saturated carbocycles. The number of amides is 1. The van der Waals surface area contributed by atoms with Crippen molar-refractivity contribution in [2.75, 3.05) is 18.5 Å². The van der Waals surface area contributed by atoms with Crippen molar-refractivity contribution in [1.82, 2.24) is 0 Å². The van der Waals surface area contributed by atoms with Crippen LogP contribution in [-0.4, -0.2) is 31.1 Å². The summed E-state index contributed by atoms with van der Waals surface area (Å²) in [6.07, 6.45) is 0.